The van der Waals surface area contributed by atoms with Crippen molar-refractivity contribution < 1.29 is 9.59 Å². The van der Waals surface area contributed by atoms with Crippen molar-refractivity contribution >= 4 is 11.8 Å². The fraction of sp³-hybridized carbons (Fsp3) is 0.781. The fourth-order valence-electron chi connectivity index (χ4n) is 10.1. The Hall–Kier alpha value is -1.91. The SMILES string of the molecule is CCCNC(=O)CC[C@@H](C)[C@H]1CC[C@H]2[C@@H]3CC=C4C(C)(C)c5c(cnn5C(C)=O)C[C@]4(C)[C@H]3CC[C@]12C. The normalized spacial score (nSPS) is 36.5. The second-order valence-electron chi connectivity index (χ2n) is 14.0. The van der Waals surface area contributed by atoms with Crippen LogP contribution in [-0.2, 0) is 16.6 Å². The van der Waals surface area contributed by atoms with Crippen molar-refractivity contribution in [1.29, 1.82) is 0 Å². The van der Waals surface area contributed by atoms with Crippen molar-refractivity contribution in [3.05, 3.63) is 29.1 Å². The van der Waals surface area contributed by atoms with Gasteiger partial charge in [0.2, 0.25) is 11.8 Å². The summed E-state index contributed by atoms with van der Waals surface area (Å²) in [6.07, 6.45) is 14.7. The molecule has 5 heteroatoms. The van der Waals surface area contributed by atoms with Crippen LogP contribution in [-0.4, -0.2) is 28.1 Å². The minimum Gasteiger partial charge on any atom is -0.356 e. The lowest BCUT2D eigenvalue weighted by Gasteiger charge is -2.60. The Morgan fingerprint density at radius 1 is 1.16 bits per heavy atom. The van der Waals surface area contributed by atoms with E-state index in [1.807, 2.05) is 6.20 Å². The molecule has 37 heavy (non-hydrogen) atoms. The van der Waals surface area contributed by atoms with E-state index in [-0.39, 0.29) is 22.6 Å². The van der Waals surface area contributed by atoms with Gasteiger partial charge >= 0.3 is 0 Å². The highest BCUT2D eigenvalue weighted by Crippen LogP contribution is 2.68. The van der Waals surface area contributed by atoms with Gasteiger partial charge in [-0.2, -0.15) is 5.10 Å². The molecule has 204 valence electrons. The van der Waals surface area contributed by atoms with Crippen LogP contribution in [0.5, 0.6) is 0 Å². The Labute approximate surface area is 224 Å². The zero-order valence-electron chi connectivity index (χ0n) is 24.3. The average molecular weight is 508 g/mol. The highest BCUT2D eigenvalue weighted by Gasteiger charge is 2.61. The minimum absolute atomic E-state index is 0.00890. The molecule has 4 aliphatic carbocycles. The Balaban J connectivity index is 1.38. The summed E-state index contributed by atoms with van der Waals surface area (Å²) < 4.78 is 1.66. The van der Waals surface area contributed by atoms with Crippen molar-refractivity contribution in [2.75, 3.05) is 6.54 Å². The number of amides is 1. The highest BCUT2D eigenvalue weighted by atomic mass is 16.2. The number of nitrogens with zero attached hydrogens (tertiary/aromatic N) is 2. The summed E-state index contributed by atoms with van der Waals surface area (Å²) in [7, 11) is 0. The van der Waals surface area contributed by atoms with Crippen molar-refractivity contribution in [3.63, 3.8) is 0 Å². The van der Waals surface area contributed by atoms with E-state index in [9.17, 15) is 9.59 Å². The van der Waals surface area contributed by atoms with E-state index in [2.05, 4.69) is 58.0 Å². The smallest absolute Gasteiger partial charge is 0.244 e. The molecule has 0 aliphatic heterocycles. The third kappa shape index (κ3) is 4.05. The number of allylic oxidation sites excluding steroid dienone is 2. The molecule has 1 N–H and O–H groups in total. The van der Waals surface area contributed by atoms with E-state index < -0.39 is 0 Å². The van der Waals surface area contributed by atoms with Crippen molar-refractivity contribution in [2.24, 2.45) is 40.4 Å². The van der Waals surface area contributed by atoms with E-state index in [0.29, 0.717) is 23.7 Å². The first-order chi connectivity index (χ1) is 17.4. The third-order valence-corrected chi connectivity index (χ3v) is 11.6. The van der Waals surface area contributed by atoms with Gasteiger partial charge < -0.3 is 5.32 Å². The maximum absolute atomic E-state index is 12.4. The van der Waals surface area contributed by atoms with Crippen molar-refractivity contribution in [1.82, 2.24) is 15.1 Å². The minimum atomic E-state index is -0.179. The van der Waals surface area contributed by atoms with Crippen LogP contribution in [0.1, 0.15) is 116 Å². The van der Waals surface area contributed by atoms with Gasteiger partial charge in [0.05, 0.1) is 11.9 Å². The van der Waals surface area contributed by atoms with Crippen LogP contribution in [0.15, 0.2) is 17.8 Å². The topological polar surface area (TPSA) is 64.0 Å². The zero-order chi connectivity index (χ0) is 26.8. The molecular formula is C32H49N3O2. The quantitative estimate of drug-likeness (QED) is 0.435. The second kappa shape index (κ2) is 9.38. The van der Waals surface area contributed by atoms with Gasteiger partial charge in [-0.25, -0.2) is 4.68 Å². The molecule has 4 aliphatic rings. The fourth-order valence-corrected chi connectivity index (χ4v) is 10.1. The van der Waals surface area contributed by atoms with Gasteiger partial charge in [-0.05, 0) is 97.3 Å². The van der Waals surface area contributed by atoms with Crippen LogP contribution in [0, 0.1) is 40.4 Å². The zero-order valence-corrected chi connectivity index (χ0v) is 24.3. The van der Waals surface area contributed by atoms with Gasteiger partial charge in [-0.1, -0.05) is 53.2 Å². The van der Waals surface area contributed by atoms with Gasteiger partial charge in [0.1, 0.15) is 0 Å². The molecule has 2 fully saturated rings. The van der Waals surface area contributed by atoms with Gasteiger partial charge in [-0.3, -0.25) is 9.59 Å². The predicted octanol–water partition coefficient (Wildman–Crippen LogP) is 6.71. The van der Waals surface area contributed by atoms with Gasteiger partial charge in [0, 0.05) is 25.3 Å². The summed E-state index contributed by atoms with van der Waals surface area (Å²) in [5.41, 5.74) is 4.26. The molecule has 0 spiro atoms. The summed E-state index contributed by atoms with van der Waals surface area (Å²) in [5.74, 6) is 3.74. The van der Waals surface area contributed by atoms with Gasteiger partial charge in [-0.15, -0.1) is 0 Å². The molecule has 1 aromatic heterocycles. The molecule has 1 heterocycles. The van der Waals surface area contributed by atoms with E-state index in [4.69, 9.17) is 0 Å². The molecule has 0 aromatic carbocycles. The number of carbonyl (C=O) groups excluding carboxylic acids is 2. The maximum Gasteiger partial charge on any atom is 0.244 e. The monoisotopic (exact) mass is 507 g/mol. The average Bonchev–Trinajstić information content (AvgIpc) is 3.42. The first kappa shape index (κ1) is 26.7. The van der Waals surface area contributed by atoms with E-state index >= 15 is 0 Å². The molecule has 2 saturated carbocycles. The molecule has 0 bridgehead atoms. The Kier molecular flexibility index (Phi) is 6.76. The number of fused-ring (bicyclic) bond motifs is 6. The largest absolute Gasteiger partial charge is 0.356 e. The van der Waals surface area contributed by atoms with Crippen LogP contribution in [0.25, 0.3) is 0 Å². The number of hydrogen-bond donors (Lipinski definition) is 1. The Morgan fingerprint density at radius 3 is 2.62 bits per heavy atom. The standard InChI is InChI=1S/C32H49N3O2/c1-8-17-33-28(37)14-9-20(2)24-11-12-25-23-10-13-27-30(4,5)29-22(19-34-35(29)21(3)36)18-32(27,7)26(23)15-16-31(24,25)6/h13,19-20,23-26H,8-12,14-18H2,1-7H3,(H,33,37)/t20-,23+,24-,25+,26+,31-,32-/m1/s1. The van der Waals surface area contributed by atoms with Crippen LogP contribution in [0.2, 0.25) is 0 Å². The molecule has 5 rings (SSSR count). The van der Waals surface area contributed by atoms with Crippen molar-refractivity contribution in [3.8, 4) is 0 Å². The molecule has 0 radical (unpaired) electrons. The highest BCUT2D eigenvalue weighted by molar-refractivity contribution is 5.77. The third-order valence-electron chi connectivity index (χ3n) is 11.6. The summed E-state index contributed by atoms with van der Waals surface area (Å²) in [6, 6.07) is 0. The second-order valence-corrected chi connectivity index (χ2v) is 14.0. The lowest BCUT2D eigenvalue weighted by molar-refractivity contribution is -0.121. The van der Waals surface area contributed by atoms with E-state index in [1.165, 1.54) is 37.7 Å². The van der Waals surface area contributed by atoms with E-state index in [0.717, 1.165) is 49.3 Å². The predicted molar refractivity (Wildman–Crippen MR) is 148 cm³/mol. The molecular weight excluding hydrogens is 458 g/mol. The summed E-state index contributed by atoms with van der Waals surface area (Å²) in [6.45, 7) is 16.7. The Morgan fingerprint density at radius 2 is 1.92 bits per heavy atom. The lowest BCUT2D eigenvalue weighted by atomic mass is 9.44. The molecule has 0 saturated heterocycles. The van der Waals surface area contributed by atoms with Crippen molar-refractivity contribution in [2.45, 2.75) is 112 Å². The van der Waals surface area contributed by atoms with Gasteiger partial charge in [0.25, 0.3) is 0 Å². The summed E-state index contributed by atoms with van der Waals surface area (Å²) >= 11 is 0. The van der Waals surface area contributed by atoms with Crippen LogP contribution in [0.3, 0.4) is 0 Å². The number of aromatic nitrogens is 2. The van der Waals surface area contributed by atoms with Crippen LogP contribution in [0.4, 0.5) is 0 Å². The molecule has 7 atom stereocenters. The molecule has 1 aromatic rings. The number of hydrogen-bond acceptors (Lipinski definition) is 3. The Bertz CT molecular complexity index is 1100. The first-order valence-corrected chi connectivity index (χ1v) is 15.0. The molecule has 0 unspecified atom stereocenters. The summed E-state index contributed by atoms with van der Waals surface area (Å²) in [5, 5.41) is 7.60. The number of carbonyl (C=O) groups is 2. The number of nitrogens with one attached hydrogen (secondary N) is 1. The van der Waals surface area contributed by atoms with Gasteiger partial charge in [0.15, 0.2) is 0 Å². The first-order valence-electron chi connectivity index (χ1n) is 15.0. The lowest BCUT2D eigenvalue weighted by Crippen LogP contribution is -2.54. The number of rotatable bonds is 6. The van der Waals surface area contributed by atoms with E-state index in [1.54, 1.807) is 17.2 Å². The molecule has 5 nitrogen and oxygen atoms in total. The molecule has 1 amide bonds. The van der Waals surface area contributed by atoms with Crippen LogP contribution < -0.4 is 5.32 Å². The van der Waals surface area contributed by atoms with Crippen LogP contribution >= 0.6 is 0 Å². The summed E-state index contributed by atoms with van der Waals surface area (Å²) in [4.78, 5) is 24.6. The maximum atomic E-state index is 12.4.